The maximum absolute atomic E-state index is 11.2. The van der Waals surface area contributed by atoms with Gasteiger partial charge in [-0.3, -0.25) is 9.79 Å². The van der Waals surface area contributed by atoms with Crippen LogP contribution < -0.4 is 15.8 Å². The minimum atomic E-state index is -0.144. The maximum atomic E-state index is 11.2. The topological polar surface area (TPSA) is 83.2 Å². The number of hydrogen-bond acceptors (Lipinski definition) is 4. The molecule has 29 heavy (non-hydrogen) atoms. The third-order valence-corrected chi connectivity index (χ3v) is 5.40. The number of primary amides is 1. The van der Waals surface area contributed by atoms with Gasteiger partial charge in [-0.15, -0.1) is 0 Å². The van der Waals surface area contributed by atoms with E-state index in [9.17, 15) is 4.79 Å². The van der Waals surface area contributed by atoms with Crippen LogP contribution in [-0.4, -0.2) is 68.5 Å². The van der Waals surface area contributed by atoms with Crippen molar-refractivity contribution in [2.75, 3.05) is 46.9 Å². The summed E-state index contributed by atoms with van der Waals surface area (Å²) in [6.45, 7) is 7.40. The summed E-state index contributed by atoms with van der Waals surface area (Å²) in [5.41, 5.74) is 6.62. The second-order valence-corrected chi connectivity index (χ2v) is 7.63. The number of piperidine rings is 1. The molecule has 7 heteroatoms. The summed E-state index contributed by atoms with van der Waals surface area (Å²) >= 11 is 0. The van der Waals surface area contributed by atoms with Crippen LogP contribution in [0.4, 0.5) is 0 Å². The molecule has 0 aliphatic carbocycles. The third-order valence-electron chi connectivity index (χ3n) is 5.40. The van der Waals surface area contributed by atoms with Gasteiger partial charge in [-0.1, -0.05) is 12.1 Å². The molecular formula is C22H37N5O2. The normalized spacial score (nSPS) is 15.9. The molecular weight excluding hydrogens is 366 g/mol. The molecule has 0 radical (unpaired) electrons. The quantitative estimate of drug-likeness (QED) is 0.355. The lowest BCUT2D eigenvalue weighted by molar-refractivity contribution is -0.123. The molecule has 0 atom stereocenters. The average Bonchev–Trinajstić information content (AvgIpc) is 2.72. The smallest absolute Gasteiger partial charge is 0.220 e. The monoisotopic (exact) mass is 403 g/mol. The lowest BCUT2D eigenvalue weighted by Gasteiger charge is -2.30. The van der Waals surface area contributed by atoms with Gasteiger partial charge in [0.2, 0.25) is 5.91 Å². The molecule has 162 valence electrons. The molecule has 0 bridgehead atoms. The van der Waals surface area contributed by atoms with E-state index >= 15 is 0 Å². The van der Waals surface area contributed by atoms with Crippen molar-refractivity contribution in [1.82, 2.24) is 15.1 Å². The van der Waals surface area contributed by atoms with E-state index in [1.807, 2.05) is 26.1 Å². The maximum Gasteiger partial charge on any atom is 0.220 e. The molecule has 1 aromatic carbocycles. The molecule has 1 heterocycles. The summed E-state index contributed by atoms with van der Waals surface area (Å²) in [7, 11) is 3.87. The number of carbonyl (C=O) groups is 1. The fourth-order valence-corrected chi connectivity index (χ4v) is 3.69. The Hall–Kier alpha value is -2.28. The highest BCUT2D eigenvalue weighted by Gasteiger charge is 2.22. The van der Waals surface area contributed by atoms with Crippen molar-refractivity contribution in [1.29, 1.82) is 0 Å². The Labute approximate surface area is 175 Å². The molecule has 0 spiro atoms. The summed E-state index contributed by atoms with van der Waals surface area (Å²) in [6.07, 6.45) is 4.02. The zero-order valence-corrected chi connectivity index (χ0v) is 18.2. The van der Waals surface area contributed by atoms with Gasteiger partial charge in [0, 0.05) is 33.1 Å². The van der Waals surface area contributed by atoms with Gasteiger partial charge in [0.05, 0.1) is 6.61 Å². The number of guanidine groups is 1. The van der Waals surface area contributed by atoms with Gasteiger partial charge in [-0.25, -0.2) is 0 Å². The van der Waals surface area contributed by atoms with Gasteiger partial charge < -0.3 is 25.6 Å². The van der Waals surface area contributed by atoms with E-state index in [1.54, 1.807) is 0 Å². The predicted octanol–water partition coefficient (Wildman–Crippen LogP) is 2.07. The minimum Gasteiger partial charge on any atom is -0.494 e. The fourth-order valence-electron chi connectivity index (χ4n) is 3.69. The number of nitrogens with two attached hydrogens (primary N) is 1. The lowest BCUT2D eigenvalue weighted by atomic mass is 9.96. The summed E-state index contributed by atoms with van der Waals surface area (Å²) in [4.78, 5) is 20.2. The van der Waals surface area contributed by atoms with Crippen LogP contribution >= 0.6 is 0 Å². The van der Waals surface area contributed by atoms with Crippen molar-refractivity contribution in [3.8, 4) is 5.75 Å². The fraction of sp³-hybridized carbons (Fsp3) is 0.636. The van der Waals surface area contributed by atoms with Crippen LogP contribution in [0.15, 0.2) is 29.3 Å². The number of likely N-dealkylation sites (tertiary alicyclic amines) is 1. The van der Waals surface area contributed by atoms with Crippen LogP contribution in [0.5, 0.6) is 5.75 Å². The van der Waals surface area contributed by atoms with E-state index in [0.717, 1.165) is 70.1 Å². The number of nitrogens with one attached hydrogen (secondary N) is 1. The van der Waals surface area contributed by atoms with E-state index in [4.69, 9.17) is 10.5 Å². The van der Waals surface area contributed by atoms with Crippen LogP contribution in [0.1, 0.15) is 38.2 Å². The first-order chi connectivity index (χ1) is 14.0. The Morgan fingerprint density at radius 1 is 1.28 bits per heavy atom. The highest BCUT2D eigenvalue weighted by atomic mass is 16.5. The lowest BCUT2D eigenvalue weighted by Crippen LogP contribution is -2.40. The summed E-state index contributed by atoms with van der Waals surface area (Å²) in [5.74, 6) is 1.73. The van der Waals surface area contributed by atoms with Crippen molar-refractivity contribution >= 4 is 11.9 Å². The largest absolute Gasteiger partial charge is 0.494 e. The van der Waals surface area contributed by atoms with Crippen LogP contribution in [0.2, 0.25) is 0 Å². The summed E-state index contributed by atoms with van der Waals surface area (Å²) in [6, 6.07) is 8.20. The highest BCUT2D eigenvalue weighted by Crippen LogP contribution is 2.17. The number of carbonyl (C=O) groups excluding carboxylic acids is 1. The Morgan fingerprint density at radius 2 is 1.97 bits per heavy atom. The Morgan fingerprint density at radius 3 is 2.55 bits per heavy atom. The molecule has 0 aromatic heterocycles. The Balaban J connectivity index is 1.63. The number of aliphatic imine (C=N–C) groups is 1. The van der Waals surface area contributed by atoms with Crippen molar-refractivity contribution < 1.29 is 9.53 Å². The SMILES string of the molecule is CCOc1ccc(CN(C)C(=NC)NCCCCN2CCC(C(N)=O)CC2)cc1. The molecule has 1 aliphatic heterocycles. The van der Waals surface area contributed by atoms with Gasteiger partial charge in [-0.05, 0) is 69.9 Å². The molecule has 1 amide bonds. The van der Waals surface area contributed by atoms with Crippen molar-refractivity contribution in [3.05, 3.63) is 29.8 Å². The zero-order valence-electron chi connectivity index (χ0n) is 18.2. The second kappa shape index (κ2) is 12.3. The Kier molecular flexibility index (Phi) is 9.77. The van der Waals surface area contributed by atoms with Gasteiger partial charge in [-0.2, -0.15) is 0 Å². The Bertz CT molecular complexity index is 639. The number of nitrogens with zero attached hydrogens (tertiary/aromatic N) is 3. The second-order valence-electron chi connectivity index (χ2n) is 7.63. The van der Waals surface area contributed by atoms with E-state index in [1.165, 1.54) is 5.56 Å². The molecule has 0 unspecified atom stereocenters. The number of ether oxygens (including phenoxy) is 1. The average molecular weight is 404 g/mol. The standard InChI is InChI=1S/C22H37N5O2/c1-4-29-20-9-7-18(8-10-20)17-26(3)22(24-2)25-13-5-6-14-27-15-11-19(12-16-27)21(23)28/h7-10,19H,4-6,11-17H2,1-3H3,(H2,23,28)(H,24,25). The van der Waals surface area contributed by atoms with Crippen molar-refractivity contribution in [2.45, 2.75) is 39.2 Å². The van der Waals surface area contributed by atoms with E-state index in [2.05, 4.69) is 39.3 Å². The number of unbranched alkanes of at least 4 members (excludes halogenated alkanes) is 1. The van der Waals surface area contributed by atoms with Gasteiger partial charge in [0.25, 0.3) is 0 Å². The van der Waals surface area contributed by atoms with Crippen LogP contribution in [0.3, 0.4) is 0 Å². The third kappa shape index (κ3) is 7.93. The first-order valence-electron chi connectivity index (χ1n) is 10.7. The van der Waals surface area contributed by atoms with Crippen LogP contribution in [0.25, 0.3) is 0 Å². The van der Waals surface area contributed by atoms with Crippen LogP contribution in [0, 0.1) is 5.92 Å². The first kappa shape index (κ1) is 23.0. The van der Waals surface area contributed by atoms with Crippen LogP contribution in [-0.2, 0) is 11.3 Å². The number of benzene rings is 1. The summed E-state index contributed by atoms with van der Waals surface area (Å²) in [5, 5.41) is 3.45. The van der Waals surface area contributed by atoms with E-state index in [-0.39, 0.29) is 11.8 Å². The molecule has 7 nitrogen and oxygen atoms in total. The first-order valence-corrected chi connectivity index (χ1v) is 10.7. The molecule has 1 aromatic rings. The molecule has 0 saturated carbocycles. The molecule has 1 fully saturated rings. The van der Waals surface area contributed by atoms with Crippen molar-refractivity contribution in [2.24, 2.45) is 16.6 Å². The van der Waals surface area contributed by atoms with E-state index in [0.29, 0.717) is 6.61 Å². The minimum absolute atomic E-state index is 0.0714. The van der Waals surface area contributed by atoms with Gasteiger partial charge in [0.15, 0.2) is 5.96 Å². The molecule has 2 rings (SSSR count). The number of hydrogen-bond donors (Lipinski definition) is 2. The molecule has 1 saturated heterocycles. The highest BCUT2D eigenvalue weighted by molar-refractivity contribution is 5.79. The molecule has 1 aliphatic rings. The van der Waals surface area contributed by atoms with Crippen molar-refractivity contribution in [3.63, 3.8) is 0 Å². The molecule has 3 N–H and O–H groups in total. The van der Waals surface area contributed by atoms with E-state index < -0.39 is 0 Å². The predicted molar refractivity (Wildman–Crippen MR) is 118 cm³/mol. The summed E-state index contributed by atoms with van der Waals surface area (Å²) < 4.78 is 5.50. The number of rotatable bonds is 10. The van der Waals surface area contributed by atoms with Gasteiger partial charge in [0.1, 0.15) is 5.75 Å². The zero-order chi connectivity index (χ0) is 21.1. The number of amides is 1. The van der Waals surface area contributed by atoms with Gasteiger partial charge >= 0.3 is 0 Å².